The van der Waals surface area contributed by atoms with Gasteiger partial charge in [0.05, 0.1) is 6.61 Å². The number of hydrogen-bond acceptors (Lipinski definition) is 3. The van der Waals surface area contributed by atoms with Crippen LogP contribution < -0.4 is 4.74 Å². The maximum atomic E-state index is 5.90. The van der Waals surface area contributed by atoms with E-state index in [4.69, 9.17) is 21.1 Å². The van der Waals surface area contributed by atoms with E-state index in [0.29, 0.717) is 11.8 Å². The summed E-state index contributed by atoms with van der Waals surface area (Å²) in [5, 5.41) is 0. The lowest BCUT2D eigenvalue weighted by atomic mass is 10.1. The first-order chi connectivity index (χ1) is 10.2. The number of benzene rings is 1. The Bertz CT molecular complexity index is 547. The van der Waals surface area contributed by atoms with Crippen LogP contribution >= 0.6 is 11.6 Å². The first-order valence-corrected chi connectivity index (χ1v) is 7.60. The number of aromatic nitrogens is 1. The van der Waals surface area contributed by atoms with Gasteiger partial charge < -0.3 is 9.47 Å². The van der Waals surface area contributed by atoms with E-state index >= 15 is 0 Å². The first-order valence-electron chi connectivity index (χ1n) is 7.06. The van der Waals surface area contributed by atoms with Crippen molar-refractivity contribution < 1.29 is 9.47 Å². The zero-order valence-corrected chi connectivity index (χ0v) is 13.2. The van der Waals surface area contributed by atoms with Crippen molar-refractivity contribution in [2.75, 3.05) is 13.7 Å². The van der Waals surface area contributed by atoms with Gasteiger partial charge in [0.15, 0.2) is 0 Å². The molecule has 2 aromatic rings. The number of nitrogens with zero attached hydrogens (tertiary/aromatic N) is 1. The fraction of sp³-hybridized carbons (Fsp3) is 0.353. The molecule has 0 aliphatic heterocycles. The van der Waals surface area contributed by atoms with Gasteiger partial charge in [-0.3, -0.25) is 0 Å². The number of aryl methyl sites for hydroxylation is 1. The molecular formula is C17H20ClNO2. The fourth-order valence-electron chi connectivity index (χ4n) is 2.00. The molecule has 0 amide bonds. The molecule has 0 fully saturated rings. The van der Waals surface area contributed by atoms with Crippen LogP contribution in [0.1, 0.15) is 23.7 Å². The van der Waals surface area contributed by atoms with E-state index in [1.165, 1.54) is 5.56 Å². The highest BCUT2D eigenvalue weighted by atomic mass is 35.5. The van der Waals surface area contributed by atoms with Crippen molar-refractivity contribution in [3.8, 4) is 11.6 Å². The molecule has 0 N–H and O–H groups in total. The van der Waals surface area contributed by atoms with Crippen LogP contribution in [0.3, 0.4) is 0 Å². The highest BCUT2D eigenvalue weighted by Crippen LogP contribution is 2.22. The van der Waals surface area contributed by atoms with Gasteiger partial charge in [-0.2, -0.15) is 0 Å². The van der Waals surface area contributed by atoms with Crippen LogP contribution in [0.25, 0.3) is 0 Å². The topological polar surface area (TPSA) is 31.4 Å². The van der Waals surface area contributed by atoms with E-state index in [2.05, 4.69) is 11.9 Å². The maximum Gasteiger partial charge on any atom is 0.219 e. The number of halogens is 1. The Balaban J connectivity index is 2.10. The highest BCUT2D eigenvalue weighted by Gasteiger charge is 2.04. The Kier molecular flexibility index (Phi) is 6.03. The molecule has 0 atom stereocenters. The second-order valence-corrected chi connectivity index (χ2v) is 5.05. The van der Waals surface area contributed by atoms with E-state index in [1.54, 1.807) is 7.11 Å². The van der Waals surface area contributed by atoms with E-state index in [-0.39, 0.29) is 0 Å². The summed E-state index contributed by atoms with van der Waals surface area (Å²) in [4.78, 5) is 4.47. The highest BCUT2D eigenvalue weighted by molar-refractivity contribution is 6.17. The van der Waals surface area contributed by atoms with Gasteiger partial charge >= 0.3 is 0 Å². The smallest absolute Gasteiger partial charge is 0.219 e. The Morgan fingerprint density at radius 3 is 2.48 bits per heavy atom. The predicted molar refractivity (Wildman–Crippen MR) is 85.3 cm³/mol. The van der Waals surface area contributed by atoms with E-state index in [0.717, 1.165) is 36.5 Å². The average molecular weight is 306 g/mol. The summed E-state index contributed by atoms with van der Waals surface area (Å²) in [5.41, 5.74) is 3.23. The summed E-state index contributed by atoms with van der Waals surface area (Å²) in [6.45, 7) is 2.79. The SMILES string of the molecule is CCc1cc(CCl)cc(Oc2ccc(CCOC)cc2)n1. The molecule has 4 heteroatoms. The van der Waals surface area contributed by atoms with Gasteiger partial charge in [-0.15, -0.1) is 11.6 Å². The van der Waals surface area contributed by atoms with Crippen molar-refractivity contribution in [1.29, 1.82) is 0 Å². The Morgan fingerprint density at radius 1 is 1.10 bits per heavy atom. The molecule has 0 saturated carbocycles. The van der Waals surface area contributed by atoms with Gasteiger partial charge in [-0.1, -0.05) is 19.1 Å². The molecule has 0 radical (unpaired) electrons. The minimum absolute atomic E-state index is 0.460. The van der Waals surface area contributed by atoms with Gasteiger partial charge in [0.2, 0.25) is 5.88 Å². The number of methoxy groups -OCH3 is 1. The summed E-state index contributed by atoms with van der Waals surface area (Å²) in [6.07, 6.45) is 1.76. The molecule has 1 aromatic carbocycles. The zero-order chi connectivity index (χ0) is 15.1. The number of alkyl halides is 1. The van der Waals surface area contributed by atoms with Crippen LogP contribution in [-0.2, 0) is 23.5 Å². The summed E-state index contributed by atoms with van der Waals surface area (Å²) in [7, 11) is 1.71. The second-order valence-electron chi connectivity index (χ2n) is 4.78. The second kappa shape index (κ2) is 8.01. The first kappa shape index (κ1) is 15.8. The van der Waals surface area contributed by atoms with Crippen LogP contribution in [-0.4, -0.2) is 18.7 Å². The zero-order valence-electron chi connectivity index (χ0n) is 12.4. The standard InChI is InChI=1S/C17H20ClNO2/c1-3-15-10-14(12-18)11-17(19-15)21-16-6-4-13(5-7-16)8-9-20-2/h4-7,10-11H,3,8-9,12H2,1-2H3. The summed E-state index contributed by atoms with van der Waals surface area (Å²) in [5.74, 6) is 1.83. The molecule has 0 bridgehead atoms. The van der Waals surface area contributed by atoms with Gasteiger partial charge in [0.1, 0.15) is 5.75 Å². The van der Waals surface area contributed by atoms with Crippen molar-refractivity contribution in [3.05, 3.63) is 53.2 Å². The third-order valence-electron chi connectivity index (χ3n) is 3.17. The van der Waals surface area contributed by atoms with Crippen molar-refractivity contribution in [1.82, 2.24) is 4.98 Å². The van der Waals surface area contributed by atoms with E-state index in [9.17, 15) is 0 Å². The molecule has 0 saturated heterocycles. The van der Waals surface area contributed by atoms with Crippen LogP contribution in [0, 0.1) is 0 Å². The lowest BCUT2D eigenvalue weighted by Gasteiger charge is -2.09. The number of hydrogen-bond donors (Lipinski definition) is 0. The number of pyridine rings is 1. The van der Waals surface area contributed by atoms with Crippen molar-refractivity contribution in [2.45, 2.75) is 25.6 Å². The molecule has 1 heterocycles. The monoisotopic (exact) mass is 305 g/mol. The summed E-state index contributed by atoms with van der Waals surface area (Å²) >= 11 is 5.90. The molecular weight excluding hydrogens is 286 g/mol. The molecule has 1 aromatic heterocycles. The third-order valence-corrected chi connectivity index (χ3v) is 3.48. The van der Waals surface area contributed by atoms with Gasteiger partial charge in [-0.25, -0.2) is 4.98 Å². The minimum atomic E-state index is 0.460. The Labute approximate surface area is 130 Å². The van der Waals surface area contributed by atoms with E-state index in [1.807, 2.05) is 36.4 Å². The molecule has 0 aliphatic carbocycles. The Hall–Kier alpha value is -1.58. The maximum absolute atomic E-state index is 5.90. The number of ether oxygens (including phenoxy) is 2. The Morgan fingerprint density at radius 2 is 1.86 bits per heavy atom. The van der Waals surface area contributed by atoms with Crippen molar-refractivity contribution in [2.24, 2.45) is 0 Å². The average Bonchev–Trinajstić information content (AvgIpc) is 2.53. The fourth-order valence-corrected chi connectivity index (χ4v) is 2.15. The predicted octanol–water partition coefficient (Wildman–Crippen LogP) is 4.36. The molecule has 21 heavy (non-hydrogen) atoms. The third kappa shape index (κ3) is 4.73. The van der Waals surface area contributed by atoms with Crippen LogP contribution in [0.5, 0.6) is 11.6 Å². The lowest BCUT2D eigenvalue weighted by Crippen LogP contribution is -1.96. The van der Waals surface area contributed by atoms with Crippen molar-refractivity contribution >= 4 is 11.6 Å². The lowest BCUT2D eigenvalue weighted by molar-refractivity contribution is 0.202. The molecule has 0 spiro atoms. The van der Waals surface area contributed by atoms with Crippen LogP contribution in [0.2, 0.25) is 0 Å². The molecule has 112 valence electrons. The van der Waals surface area contributed by atoms with Crippen LogP contribution in [0.15, 0.2) is 36.4 Å². The van der Waals surface area contributed by atoms with Gasteiger partial charge in [0.25, 0.3) is 0 Å². The molecule has 2 rings (SSSR count). The van der Waals surface area contributed by atoms with E-state index < -0.39 is 0 Å². The largest absolute Gasteiger partial charge is 0.439 e. The minimum Gasteiger partial charge on any atom is -0.439 e. The number of rotatable bonds is 7. The normalized spacial score (nSPS) is 10.6. The van der Waals surface area contributed by atoms with Gasteiger partial charge in [0, 0.05) is 24.8 Å². The molecule has 0 unspecified atom stereocenters. The summed E-state index contributed by atoms with van der Waals surface area (Å²) in [6, 6.07) is 11.9. The quantitative estimate of drug-likeness (QED) is 0.712. The molecule has 0 aliphatic rings. The van der Waals surface area contributed by atoms with Crippen LogP contribution in [0.4, 0.5) is 0 Å². The van der Waals surface area contributed by atoms with Crippen molar-refractivity contribution in [3.63, 3.8) is 0 Å². The molecule has 3 nitrogen and oxygen atoms in total. The summed E-state index contributed by atoms with van der Waals surface area (Å²) < 4.78 is 10.9. The van der Waals surface area contributed by atoms with Gasteiger partial charge in [-0.05, 0) is 42.2 Å².